The molecule has 22 heavy (non-hydrogen) atoms. The maximum Gasteiger partial charge on any atom is 0.265 e. The number of carbonyl (C=O) groups excluding carboxylic acids is 2. The highest BCUT2D eigenvalue weighted by Crippen LogP contribution is 2.21. The van der Waals surface area contributed by atoms with Crippen molar-refractivity contribution in [2.45, 2.75) is 6.10 Å². The minimum absolute atomic E-state index is 0.205. The molecule has 1 aliphatic heterocycles. The second-order valence-corrected chi connectivity index (χ2v) is 5.22. The van der Waals surface area contributed by atoms with E-state index in [4.69, 9.17) is 0 Å². The Kier molecular flexibility index (Phi) is 4.00. The molecular formula is C17H17N2O3+. The fourth-order valence-corrected chi connectivity index (χ4v) is 2.58. The van der Waals surface area contributed by atoms with E-state index in [9.17, 15) is 14.7 Å². The molecule has 2 amide bonds. The average molecular weight is 297 g/mol. The summed E-state index contributed by atoms with van der Waals surface area (Å²) in [5.41, 5.74) is 1.72. The third-order valence-corrected chi connectivity index (χ3v) is 3.76. The Morgan fingerprint density at radius 2 is 1.45 bits per heavy atom. The van der Waals surface area contributed by atoms with Crippen LogP contribution in [0.2, 0.25) is 0 Å². The van der Waals surface area contributed by atoms with Crippen LogP contribution in [0.25, 0.3) is 0 Å². The number of imide groups is 1. The number of nitrogens with two attached hydrogens (primary N) is 1. The first kappa shape index (κ1) is 14.4. The van der Waals surface area contributed by atoms with E-state index in [1.807, 2.05) is 30.3 Å². The molecule has 0 fully saturated rings. The van der Waals surface area contributed by atoms with Crippen LogP contribution in [-0.4, -0.2) is 35.0 Å². The fraction of sp³-hybridized carbons (Fsp3) is 0.176. The zero-order valence-corrected chi connectivity index (χ0v) is 12.0. The lowest BCUT2D eigenvalue weighted by Gasteiger charge is -2.14. The van der Waals surface area contributed by atoms with E-state index in [-0.39, 0.29) is 18.5 Å². The molecule has 112 valence electrons. The molecule has 3 N–H and O–H groups in total. The monoisotopic (exact) mass is 297 g/mol. The normalized spacial score (nSPS) is 15.0. The fourth-order valence-electron chi connectivity index (χ4n) is 2.58. The molecule has 2 aromatic carbocycles. The maximum absolute atomic E-state index is 12.2. The zero-order valence-electron chi connectivity index (χ0n) is 12.0. The van der Waals surface area contributed by atoms with E-state index in [0.29, 0.717) is 17.7 Å². The molecule has 0 saturated heterocycles. The Morgan fingerprint density at radius 1 is 0.909 bits per heavy atom. The highest BCUT2D eigenvalue weighted by Gasteiger charge is 2.35. The van der Waals surface area contributed by atoms with Crippen LogP contribution in [0.1, 0.15) is 32.4 Å². The van der Waals surface area contributed by atoms with Gasteiger partial charge in [-0.3, -0.25) is 9.59 Å². The molecule has 0 bridgehead atoms. The topological polar surface area (TPSA) is 74.2 Å². The van der Waals surface area contributed by atoms with Crippen LogP contribution in [0.15, 0.2) is 54.6 Å². The molecule has 1 heterocycles. The van der Waals surface area contributed by atoms with Gasteiger partial charge >= 0.3 is 0 Å². The van der Waals surface area contributed by atoms with Gasteiger partial charge in [-0.25, -0.2) is 4.90 Å². The number of carbonyl (C=O) groups is 2. The van der Waals surface area contributed by atoms with Crippen molar-refractivity contribution in [2.24, 2.45) is 0 Å². The number of amides is 2. The van der Waals surface area contributed by atoms with Gasteiger partial charge in [0.25, 0.3) is 11.8 Å². The highest BCUT2D eigenvalue weighted by molar-refractivity contribution is 6.21. The molecule has 0 aromatic heterocycles. The molecule has 5 heteroatoms. The number of fused-ring (bicyclic) bond motifs is 1. The number of rotatable bonds is 5. The first-order valence-corrected chi connectivity index (χ1v) is 7.18. The number of hydrogen-bond acceptors (Lipinski definition) is 3. The van der Waals surface area contributed by atoms with E-state index >= 15 is 0 Å². The summed E-state index contributed by atoms with van der Waals surface area (Å²) in [6, 6.07) is 16.1. The van der Waals surface area contributed by atoms with Crippen LogP contribution in [0, 0.1) is 0 Å². The molecule has 0 spiro atoms. The van der Waals surface area contributed by atoms with E-state index in [0.717, 1.165) is 5.56 Å². The molecule has 0 unspecified atom stereocenters. The van der Waals surface area contributed by atoms with Crippen molar-refractivity contribution in [2.75, 3.05) is 13.2 Å². The number of benzene rings is 2. The highest BCUT2D eigenvalue weighted by atomic mass is 16.3. The Hall–Kier alpha value is -2.50. The zero-order chi connectivity index (χ0) is 15.5. The van der Waals surface area contributed by atoms with Crippen LogP contribution in [-0.2, 0) is 0 Å². The minimum Gasteiger partial charge on any atom is -0.382 e. The van der Waals surface area contributed by atoms with Crippen molar-refractivity contribution < 1.29 is 20.0 Å². The summed E-state index contributed by atoms with van der Waals surface area (Å²) < 4.78 is 0. The summed E-state index contributed by atoms with van der Waals surface area (Å²) in [4.78, 5) is 25.6. The number of nitrogens with zero attached hydrogens (tertiary/aromatic N) is 1. The predicted octanol–water partition coefficient (Wildman–Crippen LogP) is 0.537. The summed E-state index contributed by atoms with van der Waals surface area (Å²) in [5.74, 6) is -0.544. The van der Waals surface area contributed by atoms with E-state index in [2.05, 4.69) is 0 Å². The number of aliphatic hydroxyl groups excluding tert-OH is 1. The Balaban J connectivity index is 1.59. The van der Waals surface area contributed by atoms with Gasteiger partial charge in [0.05, 0.1) is 11.1 Å². The van der Waals surface area contributed by atoms with Gasteiger partial charge in [-0.15, -0.1) is 0 Å². The van der Waals surface area contributed by atoms with Gasteiger partial charge in [0.1, 0.15) is 12.6 Å². The standard InChI is InChI=1S/C17H16N2O3/c20-15(12-6-2-1-3-7-12)10-18-11-19-16(21)13-8-4-5-9-14(13)17(19)22/h1-9,15,18,20H,10-11H2/p+1/t15-/m1/s1. The molecule has 1 aliphatic rings. The van der Waals surface area contributed by atoms with Crippen LogP contribution in [0.3, 0.4) is 0 Å². The van der Waals surface area contributed by atoms with Crippen molar-refractivity contribution in [1.29, 1.82) is 0 Å². The lowest BCUT2D eigenvalue weighted by atomic mass is 10.1. The van der Waals surface area contributed by atoms with Crippen molar-refractivity contribution in [3.63, 3.8) is 0 Å². The van der Waals surface area contributed by atoms with E-state index in [1.54, 1.807) is 29.6 Å². The molecule has 0 aliphatic carbocycles. The van der Waals surface area contributed by atoms with Gasteiger partial charge in [-0.05, 0) is 17.7 Å². The van der Waals surface area contributed by atoms with Gasteiger partial charge in [0.15, 0.2) is 6.67 Å². The predicted molar refractivity (Wildman–Crippen MR) is 80.0 cm³/mol. The second-order valence-electron chi connectivity index (χ2n) is 5.22. The van der Waals surface area contributed by atoms with Gasteiger partial charge < -0.3 is 10.4 Å². The van der Waals surface area contributed by atoms with E-state index < -0.39 is 6.10 Å². The molecule has 0 saturated carbocycles. The van der Waals surface area contributed by atoms with Crippen molar-refractivity contribution in [3.8, 4) is 0 Å². The SMILES string of the molecule is O=C1c2ccccc2C(=O)N1C[NH2+]C[C@@H](O)c1ccccc1. The molecular weight excluding hydrogens is 280 g/mol. The third-order valence-electron chi connectivity index (χ3n) is 3.76. The van der Waals surface area contributed by atoms with Crippen LogP contribution < -0.4 is 5.32 Å². The van der Waals surface area contributed by atoms with Crippen LogP contribution in [0.5, 0.6) is 0 Å². The summed E-state index contributed by atoms with van der Waals surface area (Å²) in [6.07, 6.45) is -0.628. The minimum atomic E-state index is -0.628. The molecule has 0 radical (unpaired) electrons. The Bertz CT molecular complexity index is 665. The molecule has 3 rings (SSSR count). The maximum atomic E-state index is 12.2. The number of hydrogen-bond donors (Lipinski definition) is 2. The van der Waals surface area contributed by atoms with Crippen LogP contribution in [0.4, 0.5) is 0 Å². The average Bonchev–Trinajstić information content (AvgIpc) is 2.81. The first-order valence-electron chi connectivity index (χ1n) is 7.18. The Labute approximate surface area is 128 Å². The molecule has 1 atom stereocenters. The lowest BCUT2D eigenvalue weighted by Crippen LogP contribution is -2.88. The smallest absolute Gasteiger partial charge is 0.265 e. The second kappa shape index (κ2) is 6.09. The lowest BCUT2D eigenvalue weighted by molar-refractivity contribution is -0.672. The summed E-state index contributed by atoms with van der Waals surface area (Å²) in [5, 5.41) is 11.8. The summed E-state index contributed by atoms with van der Waals surface area (Å²) in [6.45, 7) is 0.591. The summed E-state index contributed by atoms with van der Waals surface area (Å²) >= 11 is 0. The quantitative estimate of drug-likeness (QED) is 0.791. The summed E-state index contributed by atoms with van der Waals surface area (Å²) in [7, 11) is 0. The van der Waals surface area contributed by atoms with E-state index in [1.165, 1.54) is 4.90 Å². The molecule has 2 aromatic rings. The van der Waals surface area contributed by atoms with Gasteiger partial charge in [-0.2, -0.15) is 0 Å². The van der Waals surface area contributed by atoms with Gasteiger partial charge in [-0.1, -0.05) is 42.5 Å². The Morgan fingerprint density at radius 3 is 2.05 bits per heavy atom. The van der Waals surface area contributed by atoms with Crippen LogP contribution >= 0.6 is 0 Å². The van der Waals surface area contributed by atoms with Crippen molar-refractivity contribution >= 4 is 11.8 Å². The number of aliphatic hydroxyl groups is 1. The van der Waals surface area contributed by atoms with Crippen molar-refractivity contribution in [1.82, 2.24) is 4.90 Å². The van der Waals surface area contributed by atoms with Crippen molar-refractivity contribution in [3.05, 3.63) is 71.3 Å². The first-order chi connectivity index (χ1) is 10.7. The molecule has 5 nitrogen and oxygen atoms in total. The van der Waals surface area contributed by atoms with Gasteiger partial charge in [0.2, 0.25) is 0 Å². The van der Waals surface area contributed by atoms with Gasteiger partial charge in [0, 0.05) is 0 Å². The largest absolute Gasteiger partial charge is 0.382 e. The third kappa shape index (κ3) is 2.64. The number of quaternary nitrogens is 1.